The molecule has 10 heteroatoms. The van der Waals surface area contributed by atoms with Crippen LogP contribution in [0.5, 0.6) is 0 Å². The highest BCUT2D eigenvalue weighted by molar-refractivity contribution is 7.99. The van der Waals surface area contributed by atoms with Crippen LogP contribution in [0, 0.1) is 0 Å². The van der Waals surface area contributed by atoms with E-state index in [-0.39, 0.29) is 36.0 Å². The number of nitrogens with zero attached hydrogens (tertiary/aromatic N) is 2. The number of thioether (sulfide) groups is 1. The van der Waals surface area contributed by atoms with E-state index in [1.165, 1.54) is 6.20 Å². The van der Waals surface area contributed by atoms with Crippen molar-refractivity contribution in [2.75, 3.05) is 5.75 Å². The van der Waals surface area contributed by atoms with Gasteiger partial charge in [0.15, 0.2) is 6.29 Å². The summed E-state index contributed by atoms with van der Waals surface area (Å²) in [6.07, 6.45) is 1.14. The molecule has 3 atom stereocenters. The number of benzene rings is 4. The predicted octanol–water partition coefficient (Wildman–Crippen LogP) is 6.09. The topological polar surface area (TPSA) is 131 Å². The van der Waals surface area contributed by atoms with Crippen molar-refractivity contribution in [3.05, 3.63) is 137 Å². The van der Waals surface area contributed by atoms with Crippen molar-refractivity contribution in [1.29, 1.82) is 0 Å². The van der Waals surface area contributed by atoms with Gasteiger partial charge in [0.1, 0.15) is 5.69 Å². The van der Waals surface area contributed by atoms with Gasteiger partial charge in [0.25, 0.3) is 5.91 Å². The summed E-state index contributed by atoms with van der Waals surface area (Å²) in [7, 11) is 0. The Morgan fingerprint density at radius 1 is 0.844 bits per heavy atom. The zero-order valence-electron chi connectivity index (χ0n) is 24.2. The molecule has 1 aliphatic heterocycles. The first kappa shape index (κ1) is 30.4. The summed E-state index contributed by atoms with van der Waals surface area (Å²) in [6, 6.07) is 29.7. The molecular weight excluding hydrogens is 590 g/mol. The van der Waals surface area contributed by atoms with Crippen LogP contribution in [0.25, 0.3) is 11.0 Å². The van der Waals surface area contributed by atoms with Crippen molar-refractivity contribution in [3.8, 4) is 0 Å². The molecule has 0 spiro atoms. The van der Waals surface area contributed by atoms with Gasteiger partial charge in [-0.25, -0.2) is 9.78 Å². The quantitative estimate of drug-likeness (QED) is 0.159. The Labute approximate surface area is 264 Å². The number of nitrogens with one attached hydrogen (secondary N) is 1. The minimum atomic E-state index is -0.954. The second kappa shape index (κ2) is 14.0. The monoisotopic (exact) mass is 621 g/mol. The normalized spacial score (nSPS) is 18.0. The Bertz CT molecular complexity index is 1780. The number of hydrogen-bond donors (Lipinski definition) is 3. The predicted molar refractivity (Wildman–Crippen MR) is 170 cm³/mol. The smallest absolute Gasteiger partial charge is 0.335 e. The Morgan fingerprint density at radius 3 is 2.24 bits per heavy atom. The number of aromatic carboxylic acids is 1. The van der Waals surface area contributed by atoms with Gasteiger partial charge in [-0.05, 0) is 53.1 Å². The van der Waals surface area contributed by atoms with E-state index in [9.17, 15) is 19.8 Å². The summed E-state index contributed by atoms with van der Waals surface area (Å²) in [6.45, 7) is 0.291. The van der Waals surface area contributed by atoms with Crippen molar-refractivity contribution in [2.45, 2.75) is 43.0 Å². The van der Waals surface area contributed by atoms with Crippen LogP contribution < -0.4 is 5.32 Å². The van der Waals surface area contributed by atoms with E-state index in [1.54, 1.807) is 36.0 Å². The molecular formula is C35H31N3O6S. The number of para-hydroxylation sites is 2. The first-order valence-corrected chi connectivity index (χ1v) is 15.5. The number of carbonyl (C=O) groups is 2. The minimum absolute atomic E-state index is 0.0278. The molecule has 3 N–H and O–H groups in total. The summed E-state index contributed by atoms with van der Waals surface area (Å²) < 4.78 is 12.9. The van der Waals surface area contributed by atoms with Gasteiger partial charge in [-0.1, -0.05) is 60.7 Å². The van der Waals surface area contributed by atoms with Gasteiger partial charge in [-0.2, -0.15) is 0 Å². The highest BCUT2D eigenvalue weighted by Gasteiger charge is 2.32. The van der Waals surface area contributed by atoms with Crippen LogP contribution in [0.15, 0.2) is 108 Å². The maximum absolute atomic E-state index is 12.7. The zero-order chi connectivity index (χ0) is 31.2. The van der Waals surface area contributed by atoms with E-state index in [4.69, 9.17) is 9.47 Å². The van der Waals surface area contributed by atoms with Crippen molar-refractivity contribution in [3.63, 3.8) is 0 Å². The second-order valence-electron chi connectivity index (χ2n) is 10.7. The molecule has 0 radical (unpaired) electrons. The number of carboxylic acids is 1. The van der Waals surface area contributed by atoms with Crippen molar-refractivity contribution >= 4 is 34.7 Å². The van der Waals surface area contributed by atoms with Gasteiger partial charge < -0.3 is 25.0 Å². The Morgan fingerprint density at radius 2 is 1.53 bits per heavy atom. The van der Waals surface area contributed by atoms with Crippen molar-refractivity contribution < 1.29 is 29.3 Å². The molecule has 1 aliphatic rings. The number of aliphatic hydroxyl groups is 1. The van der Waals surface area contributed by atoms with Crippen LogP contribution in [0.4, 0.5) is 0 Å². The summed E-state index contributed by atoms with van der Waals surface area (Å²) in [5, 5.41) is 21.6. The molecule has 6 rings (SSSR count). The first-order chi connectivity index (χ1) is 21.9. The highest BCUT2D eigenvalue weighted by atomic mass is 32.2. The number of fused-ring (bicyclic) bond motifs is 1. The molecule has 1 saturated heterocycles. The van der Waals surface area contributed by atoms with Crippen LogP contribution in [0.1, 0.15) is 61.9 Å². The van der Waals surface area contributed by atoms with Crippen molar-refractivity contribution in [2.24, 2.45) is 0 Å². The number of hydrogen-bond acceptors (Lipinski definition) is 8. The molecule has 1 fully saturated rings. The molecule has 1 aromatic heterocycles. The van der Waals surface area contributed by atoms with E-state index in [0.29, 0.717) is 24.2 Å². The van der Waals surface area contributed by atoms with Crippen LogP contribution in [0.2, 0.25) is 0 Å². The van der Waals surface area contributed by atoms with E-state index in [2.05, 4.69) is 15.3 Å². The fraction of sp³-hybridized carbons (Fsp3) is 0.200. The summed E-state index contributed by atoms with van der Waals surface area (Å²) >= 11 is 1.60. The third-order valence-corrected chi connectivity index (χ3v) is 8.68. The first-order valence-electron chi connectivity index (χ1n) is 14.5. The Kier molecular flexibility index (Phi) is 9.46. The van der Waals surface area contributed by atoms with E-state index in [0.717, 1.165) is 32.7 Å². The van der Waals surface area contributed by atoms with Crippen LogP contribution in [-0.2, 0) is 22.6 Å². The minimum Gasteiger partial charge on any atom is -0.478 e. The molecule has 228 valence electrons. The third kappa shape index (κ3) is 7.55. The fourth-order valence-corrected chi connectivity index (χ4v) is 5.96. The van der Waals surface area contributed by atoms with Gasteiger partial charge in [-0.15, -0.1) is 11.8 Å². The maximum Gasteiger partial charge on any atom is 0.335 e. The molecule has 0 saturated carbocycles. The second-order valence-corrected chi connectivity index (χ2v) is 11.8. The molecule has 9 nitrogen and oxygen atoms in total. The number of rotatable bonds is 10. The van der Waals surface area contributed by atoms with Crippen LogP contribution in [-0.4, -0.2) is 43.9 Å². The SMILES string of the molecule is O=C(O)c1ccc(SCC2CC(c3ccc(CO)cc3)OC(c3ccc(CNC(=O)c4cnc5ccccc5n4)cc3)O2)cc1. The van der Waals surface area contributed by atoms with Crippen LogP contribution >= 0.6 is 11.8 Å². The zero-order valence-corrected chi connectivity index (χ0v) is 25.0. The summed E-state index contributed by atoms with van der Waals surface area (Å²) in [5.74, 6) is -0.603. The number of aliphatic hydroxyl groups excluding tert-OH is 1. The molecule has 0 bridgehead atoms. The lowest BCUT2D eigenvalue weighted by molar-refractivity contribution is -0.245. The Balaban J connectivity index is 1.12. The molecule has 0 aliphatic carbocycles. The molecule has 3 unspecified atom stereocenters. The average molecular weight is 622 g/mol. The number of carboxylic acid groups (broad SMARTS) is 1. The maximum atomic E-state index is 12.7. The molecule has 45 heavy (non-hydrogen) atoms. The molecule has 1 amide bonds. The molecule has 2 heterocycles. The average Bonchev–Trinajstić information content (AvgIpc) is 3.09. The molecule has 5 aromatic rings. The highest BCUT2D eigenvalue weighted by Crippen LogP contribution is 2.39. The van der Waals surface area contributed by atoms with Crippen LogP contribution in [0.3, 0.4) is 0 Å². The summed E-state index contributed by atoms with van der Waals surface area (Å²) in [5.41, 5.74) is 5.49. The van der Waals surface area contributed by atoms with Gasteiger partial charge in [0.2, 0.25) is 0 Å². The number of amides is 1. The largest absolute Gasteiger partial charge is 0.478 e. The third-order valence-electron chi connectivity index (χ3n) is 7.54. The Hall–Kier alpha value is -4.61. The summed E-state index contributed by atoms with van der Waals surface area (Å²) in [4.78, 5) is 33.6. The molecule has 4 aromatic carbocycles. The lowest BCUT2D eigenvalue weighted by atomic mass is 10.0. The van der Waals surface area contributed by atoms with Gasteiger partial charge in [-0.3, -0.25) is 9.78 Å². The van der Waals surface area contributed by atoms with Gasteiger partial charge >= 0.3 is 5.97 Å². The number of carbonyl (C=O) groups excluding carboxylic acids is 1. The standard InChI is InChI=1S/C35H31N3O6S/c39-20-23-7-9-24(10-8-23)32-17-27(21-45-28-15-13-25(14-16-28)34(41)42)43-35(44-32)26-11-5-22(6-12-26)18-37-33(40)31-19-36-29-3-1-2-4-30(29)38-31/h1-16,19,27,32,35,39H,17-18,20-21H2,(H,37,40)(H,41,42). The van der Waals surface area contributed by atoms with Crippen molar-refractivity contribution in [1.82, 2.24) is 15.3 Å². The van der Waals surface area contributed by atoms with E-state index >= 15 is 0 Å². The lowest BCUT2D eigenvalue weighted by Gasteiger charge is -2.36. The van der Waals surface area contributed by atoms with E-state index in [1.807, 2.05) is 72.8 Å². The number of ether oxygens (including phenoxy) is 2. The van der Waals surface area contributed by atoms with Gasteiger partial charge in [0.05, 0.1) is 41.6 Å². The van der Waals surface area contributed by atoms with Gasteiger partial charge in [0, 0.05) is 29.2 Å². The fourth-order valence-electron chi connectivity index (χ4n) is 5.04. The number of aromatic nitrogens is 2. The lowest BCUT2D eigenvalue weighted by Crippen LogP contribution is -2.31. The van der Waals surface area contributed by atoms with E-state index < -0.39 is 12.3 Å².